The molecule has 1 aliphatic carbocycles. The molecule has 5 rings (SSSR count). The molecule has 1 N–H and O–H groups in total. The number of hydrogen-bond donors (Lipinski definition) is 1. The lowest BCUT2D eigenvalue weighted by Gasteiger charge is -2.37. The predicted molar refractivity (Wildman–Crippen MR) is 231 cm³/mol. The molecule has 52 heavy (non-hydrogen) atoms. The van der Waals surface area contributed by atoms with Crippen molar-refractivity contribution in [2.75, 3.05) is 17.3 Å². The average molecular weight is 691 g/mol. The van der Waals surface area contributed by atoms with Crippen LogP contribution in [0.15, 0.2) is 151 Å². The van der Waals surface area contributed by atoms with Crippen molar-refractivity contribution in [1.82, 2.24) is 0 Å². The van der Waals surface area contributed by atoms with Gasteiger partial charge in [0.25, 0.3) is 0 Å². The van der Waals surface area contributed by atoms with E-state index in [0.29, 0.717) is 5.92 Å². The van der Waals surface area contributed by atoms with Gasteiger partial charge in [-0.25, -0.2) is 0 Å². The van der Waals surface area contributed by atoms with Crippen molar-refractivity contribution in [1.29, 1.82) is 0 Å². The molecule has 0 amide bonds. The van der Waals surface area contributed by atoms with Crippen LogP contribution in [0.25, 0.3) is 17.2 Å². The van der Waals surface area contributed by atoms with E-state index in [1.165, 1.54) is 33.4 Å². The van der Waals surface area contributed by atoms with E-state index in [2.05, 4.69) is 206 Å². The summed E-state index contributed by atoms with van der Waals surface area (Å²) in [5.41, 5.74) is 12.6. The number of benzene rings is 4. The molecule has 1 atom stereocenters. The molecule has 0 saturated carbocycles. The molecule has 4 aromatic carbocycles. The minimum atomic E-state index is -0.315. The van der Waals surface area contributed by atoms with Crippen molar-refractivity contribution in [3.63, 3.8) is 0 Å². The summed E-state index contributed by atoms with van der Waals surface area (Å²) in [5.74, 6) is 0.392. The number of nitrogens with one attached hydrogen (secondary N) is 1. The molecular weight excluding hydrogens is 629 g/mol. The summed E-state index contributed by atoms with van der Waals surface area (Å²) in [6, 6.07) is 35.0. The zero-order chi connectivity index (χ0) is 38.3. The number of fused-ring (bicyclic) bond motifs is 1. The highest BCUT2D eigenvalue weighted by Crippen LogP contribution is 2.45. The van der Waals surface area contributed by atoms with Gasteiger partial charge in [-0.2, -0.15) is 0 Å². The third-order valence-electron chi connectivity index (χ3n) is 10.8. The lowest BCUT2D eigenvalue weighted by atomic mass is 9.69. The van der Waals surface area contributed by atoms with Crippen molar-refractivity contribution in [2.24, 2.45) is 11.3 Å². The van der Waals surface area contributed by atoms with Crippen molar-refractivity contribution >= 4 is 17.5 Å². The smallest absolute Gasteiger partial charge is 0.0467 e. The van der Waals surface area contributed by atoms with E-state index < -0.39 is 0 Å². The monoisotopic (exact) mass is 690 g/mol. The van der Waals surface area contributed by atoms with E-state index in [0.717, 1.165) is 28.3 Å². The van der Waals surface area contributed by atoms with Crippen LogP contribution in [-0.2, 0) is 10.8 Å². The zero-order valence-electron chi connectivity index (χ0n) is 33.9. The van der Waals surface area contributed by atoms with E-state index in [9.17, 15) is 0 Å². The maximum atomic E-state index is 4.74. The van der Waals surface area contributed by atoms with Crippen LogP contribution in [0.2, 0.25) is 0 Å². The van der Waals surface area contributed by atoms with E-state index >= 15 is 0 Å². The average Bonchev–Trinajstić information content (AvgIpc) is 3.15. The first-order valence-electron chi connectivity index (χ1n) is 19.0. The Morgan fingerprint density at radius 2 is 1.40 bits per heavy atom. The van der Waals surface area contributed by atoms with Gasteiger partial charge >= 0.3 is 0 Å². The second kappa shape index (κ2) is 16.7. The molecule has 0 fully saturated rings. The molecule has 0 saturated heterocycles. The molecule has 2 nitrogen and oxygen atoms in total. The first kappa shape index (κ1) is 40.0. The molecule has 0 heterocycles. The topological polar surface area (TPSA) is 15.3 Å². The standard InChI is InChI=1S/C48H56N2.C2H6/c1-12-38(29-28-34(2)46(4,5)6)50(39-23-18-22-37(33-39)36-20-14-13-15-21-36)40-30-31-41-42(47(7,8)35(3)32-40)25-19-26-43(41)48(9,10)44-24-16-17-27-45(44)49-11;1-2/h12-34,49H,3H2,1-2,4-11H3;1-2H3/b29-28-,31-30-,38-12+,40-32+;. The molecular formula is C50H62N2. The van der Waals surface area contributed by atoms with Crippen LogP contribution in [0.5, 0.6) is 0 Å². The first-order chi connectivity index (χ1) is 24.7. The summed E-state index contributed by atoms with van der Waals surface area (Å²) in [6.45, 7) is 29.4. The fraction of sp³-hybridized carbons (Fsp3) is 0.320. The minimum absolute atomic E-state index is 0.157. The van der Waals surface area contributed by atoms with Crippen molar-refractivity contribution in [3.8, 4) is 11.1 Å². The maximum absolute atomic E-state index is 4.74. The van der Waals surface area contributed by atoms with Crippen LogP contribution < -0.4 is 10.2 Å². The molecule has 0 spiro atoms. The Hall–Kier alpha value is -4.82. The van der Waals surface area contributed by atoms with E-state index in [1.807, 2.05) is 20.9 Å². The Bertz CT molecular complexity index is 1960. The number of rotatable bonds is 9. The molecule has 2 heteroatoms. The molecule has 4 aromatic rings. The first-order valence-corrected chi connectivity index (χ1v) is 19.0. The van der Waals surface area contributed by atoms with Gasteiger partial charge in [0.05, 0.1) is 0 Å². The van der Waals surface area contributed by atoms with Gasteiger partial charge in [0.2, 0.25) is 0 Å². The lowest BCUT2D eigenvalue weighted by Crippen LogP contribution is -2.28. The van der Waals surface area contributed by atoms with E-state index in [4.69, 9.17) is 6.58 Å². The van der Waals surface area contributed by atoms with Crippen LogP contribution >= 0.6 is 0 Å². The SMILES string of the molecule is C=C1/C=C(N(C(/C=C\C(C)C(C)(C)C)=C/C)c2cccc(-c3ccccc3)c2)\C=C/c2c(cccc2C(C)(C)c2ccccc2NC)C1(C)C.CC. The van der Waals surface area contributed by atoms with E-state index in [-0.39, 0.29) is 16.2 Å². The summed E-state index contributed by atoms with van der Waals surface area (Å²) >= 11 is 0. The molecule has 0 radical (unpaired) electrons. The Labute approximate surface area is 316 Å². The highest BCUT2D eigenvalue weighted by atomic mass is 15.2. The number of nitrogens with zero attached hydrogens (tertiary/aromatic N) is 1. The fourth-order valence-corrected chi connectivity index (χ4v) is 6.85. The number of anilines is 2. The second-order valence-electron chi connectivity index (χ2n) is 15.7. The molecule has 0 aromatic heterocycles. The van der Waals surface area contributed by atoms with Crippen molar-refractivity contribution < 1.29 is 0 Å². The Morgan fingerprint density at radius 1 is 0.788 bits per heavy atom. The lowest BCUT2D eigenvalue weighted by molar-refractivity contribution is 0.314. The molecule has 272 valence electrons. The summed E-state index contributed by atoms with van der Waals surface area (Å²) in [4.78, 5) is 2.39. The second-order valence-corrected chi connectivity index (χ2v) is 15.7. The fourth-order valence-electron chi connectivity index (χ4n) is 6.85. The van der Waals surface area contributed by atoms with Crippen LogP contribution in [0, 0.1) is 11.3 Å². The van der Waals surface area contributed by atoms with Crippen LogP contribution in [0.3, 0.4) is 0 Å². The largest absolute Gasteiger partial charge is 0.388 e. The highest BCUT2D eigenvalue weighted by Gasteiger charge is 2.34. The summed E-state index contributed by atoms with van der Waals surface area (Å²) in [5, 5.41) is 3.44. The molecule has 1 unspecified atom stereocenters. The molecule has 1 aliphatic rings. The third-order valence-corrected chi connectivity index (χ3v) is 10.8. The van der Waals surface area contributed by atoms with Gasteiger partial charge in [0.1, 0.15) is 0 Å². The number of para-hydroxylation sites is 1. The highest BCUT2D eigenvalue weighted by molar-refractivity contribution is 5.76. The molecule has 0 bridgehead atoms. The Kier molecular flexibility index (Phi) is 12.8. The van der Waals surface area contributed by atoms with Crippen LogP contribution in [0.1, 0.15) is 98.4 Å². The summed E-state index contributed by atoms with van der Waals surface area (Å²) in [6.07, 6.45) is 13.8. The number of hydrogen-bond acceptors (Lipinski definition) is 2. The summed E-state index contributed by atoms with van der Waals surface area (Å²) in [7, 11) is 2.01. The maximum Gasteiger partial charge on any atom is 0.0467 e. The van der Waals surface area contributed by atoms with Gasteiger partial charge < -0.3 is 10.2 Å². The van der Waals surface area contributed by atoms with Crippen LogP contribution in [0.4, 0.5) is 11.4 Å². The molecule has 0 aliphatic heterocycles. The summed E-state index contributed by atoms with van der Waals surface area (Å²) < 4.78 is 0. The zero-order valence-corrected chi connectivity index (χ0v) is 33.9. The van der Waals surface area contributed by atoms with Gasteiger partial charge in [0, 0.05) is 40.6 Å². The number of allylic oxidation sites excluding steroid dienone is 6. The Morgan fingerprint density at radius 3 is 2.06 bits per heavy atom. The van der Waals surface area contributed by atoms with Crippen molar-refractivity contribution in [3.05, 3.63) is 173 Å². The Balaban J connectivity index is 0.00000297. The van der Waals surface area contributed by atoms with Gasteiger partial charge in [-0.15, -0.1) is 0 Å². The van der Waals surface area contributed by atoms with Gasteiger partial charge in [-0.05, 0) is 93.6 Å². The minimum Gasteiger partial charge on any atom is -0.388 e. The van der Waals surface area contributed by atoms with Gasteiger partial charge in [-0.1, -0.05) is 173 Å². The van der Waals surface area contributed by atoms with Crippen LogP contribution in [-0.4, -0.2) is 7.05 Å². The third kappa shape index (κ3) is 8.45. The van der Waals surface area contributed by atoms with Crippen molar-refractivity contribution in [2.45, 2.75) is 87.0 Å². The quantitative estimate of drug-likeness (QED) is 0.176. The van der Waals surface area contributed by atoms with E-state index in [1.54, 1.807) is 0 Å². The van der Waals surface area contributed by atoms with Gasteiger partial charge in [0.15, 0.2) is 0 Å². The normalized spacial score (nSPS) is 16.7. The predicted octanol–water partition coefficient (Wildman–Crippen LogP) is 14.1. The van der Waals surface area contributed by atoms with Gasteiger partial charge in [-0.3, -0.25) is 0 Å².